The summed E-state index contributed by atoms with van der Waals surface area (Å²) in [5.74, 6) is 0.687. The molecule has 2 fully saturated rings. The van der Waals surface area contributed by atoms with Crippen molar-refractivity contribution in [1.29, 1.82) is 0 Å². The van der Waals surface area contributed by atoms with Crippen molar-refractivity contribution in [3.63, 3.8) is 0 Å². The molecule has 0 spiro atoms. The number of aromatic nitrogens is 6. The second-order valence-corrected chi connectivity index (χ2v) is 13.0. The fourth-order valence-corrected chi connectivity index (χ4v) is 6.45. The van der Waals surface area contributed by atoms with Crippen LogP contribution in [0.1, 0.15) is 79.7 Å². The minimum Gasteiger partial charge on any atom is -0.480 e. The number of ether oxygens (including phenoxy) is 2. The summed E-state index contributed by atoms with van der Waals surface area (Å²) in [4.78, 5) is 27.6. The number of hydrogen-bond donors (Lipinski definition) is 2. The molecule has 6 rings (SSSR count). The third-order valence-electron chi connectivity index (χ3n) is 8.82. The molecule has 0 bridgehead atoms. The summed E-state index contributed by atoms with van der Waals surface area (Å²) in [5.41, 5.74) is 2.71. The van der Waals surface area contributed by atoms with Gasteiger partial charge in [0, 0.05) is 30.6 Å². The van der Waals surface area contributed by atoms with Gasteiger partial charge in [-0.3, -0.25) is 19.0 Å². The van der Waals surface area contributed by atoms with E-state index in [1.165, 1.54) is 7.11 Å². The van der Waals surface area contributed by atoms with E-state index in [2.05, 4.69) is 31.0 Å². The van der Waals surface area contributed by atoms with Crippen molar-refractivity contribution in [2.24, 2.45) is 17.8 Å². The van der Waals surface area contributed by atoms with Gasteiger partial charge in [0.05, 0.1) is 31.6 Å². The van der Waals surface area contributed by atoms with Crippen LogP contribution in [0.25, 0.3) is 0 Å². The smallest absolute Gasteiger partial charge is 0.270 e. The highest BCUT2D eigenvalue weighted by molar-refractivity contribution is 6.29. The highest BCUT2D eigenvalue weighted by Gasteiger charge is 2.48. The first kappa shape index (κ1) is 32.6. The highest BCUT2D eigenvalue weighted by Crippen LogP contribution is 2.51. The van der Waals surface area contributed by atoms with Gasteiger partial charge in [0.15, 0.2) is 5.15 Å². The van der Waals surface area contributed by atoms with Gasteiger partial charge >= 0.3 is 0 Å². The van der Waals surface area contributed by atoms with Crippen molar-refractivity contribution < 1.29 is 19.1 Å². The van der Waals surface area contributed by atoms with Gasteiger partial charge in [0.25, 0.3) is 5.91 Å². The topological polar surface area (TPSA) is 138 Å². The Morgan fingerprint density at radius 1 is 1.04 bits per heavy atom. The molecule has 248 valence electrons. The minimum absolute atomic E-state index is 0.00677. The number of amides is 2. The van der Waals surface area contributed by atoms with Crippen LogP contribution < -0.4 is 15.4 Å². The normalized spacial score (nSPS) is 15.9. The lowest BCUT2D eigenvalue weighted by Gasteiger charge is -2.27. The Hall–Kier alpha value is -4.29. The van der Waals surface area contributed by atoms with Crippen molar-refractivity contribution in [3.05, 3.63) is 83.0 Å². The third-order valence-corrected chi connectivity index (χ3v) is 9.01. The number of carbonyl (C=O) groups is 2. The van der Waals surface area contributed by atoms with Crippen LogP contribution in [0.5, 0.6) is 5.88 Å². The minimum atomic E-state index is -0.688. The molecule has 1 aromatic carbocycles. The molecule has 2 N–H and O–H groups in total. The maximum Gasteiger partial charge on any atom is 0.270 e. The van der Waals surface area contributed by atoms with E-state index >= 15 is 0 Å². The SMILES string of the molecule is COc1nnc(Cl)cc1C(CCOCc1ccccc1)n1cc(NC(=O)[C@@H](NC(=O)c2ccnn2C(C)C)C(C2CC2)C2CC2)cn1. The average molecular weight is 661 g/mol. The van der Waals surface area contributed by atoms with Crippen LogP contribution in [-0.2, 0) is 16.1 Å². The molecule has 1 unspecified atom stereocenters. The monoisotopic (exact) mass is 660 g/mol. The number of methoxy groups -OCH3 is 1. The van der Waals surface area contributed by atoms with E-state index in [-0.39, 0.29) is 35.0 Å². The molecule has 2 saturated carbocycles. The Balaban J connectivity index is 1.21. The first-order chi connectivity index (χ1) is 22.8. The zero-order valence-corrected chi connectivity index (χ0v) is 27.6. The van der Waals surface area contributed by atoms with E-state index in [1.807, 2.05) is 44.2 Å². The second-order valence-electron chi connectivity index (χ2n) is 12.6. The van der Waals surface area contributed by atoms with Crippen molar-refractivity contribution in [1.82, 2.24) is 35.1 Å². The van der Waals surface area contributed by atoms with Gasteiger partial charge < -0.3 is 20.1 Å². The van der Waals surface area contributed by atoms with E-state index in [0.717, 1.165) is 31.2 Å². The maximum absolute atomic E-state index is 14.0. The van der Waals surface area contributed by atoms with Crippen molar-refractivity contribution in [2.75, 3.05) is 19.0 Å². The van der Waals surface area contributed by atoms with Crippen LogP contribution >= 0.6 is 11.6 Å². The van der Waals surface area contributed by atoms with Gasteiger partial charge in [0.2, 0.25) is 11.8 Å². The summed E-state index contributed by atoms with van der Waals surface area (Å²) in [5, 5.41) is 23.4. The molecule has 3 heterocycles. The molecular weight excluding hydrogens is 620 g/mol. The van der Waals surface area contributed by atoms with E-state index < -0.39 is 6.04 Å². The summed E-state index contributed by atoms with van der Waals surface area (Å²) >= 11 is 6.26. The summed E-state index contributed by atoms with van der Waals surface area (Å²) < 4.78 is 14.9. The van der Waals surface area contributed by atoms with Crippen LogP contribution in [0.3, 0.4) is 0 Å². The predicted molar refractivity (Wildman–Crippen MR) is 176 cm³/mol. The maximum atomic E-state index is 14.0. The van der Waals surface area contributed by atoms with Crippen LogP contribution in [0.15, 0.2) is 61.1 Å². The summed E-state index contributed by atoms with van der Waals surface area (Å²) in [6, 6.07) is 12.3. The first-order valence-electron chi connectivity index (χ1n) is 16.2. The van der Waals surface area contributed by atoms with Crippen LogP contribution in [0, 0.1) is 17.8 Å². The molecule has 4 aromatic rings. The number of nitrogens with zero attached hydrogens (tertiary/aromatic N) is 6. The molecular formula is C34H41ClN8O4. The molecule has 2 amide bonds. The van der Waals surface area contributed by atoms with E-state index in [0.29, 0.717) is 54.3 Å². The molecule has 2 atom stereocenters. The summed E-state index contributed by atoms with van der Waals surface area (Å²) in [7, 11) is 1.53. The lowest BCUT2D eigenvalue weighted by molar-refractivity contribution is -0.119. The summed E-state index contributed by atoms with van der Waals surface area (Å²) in [6.45, 7) is 4.82. The van der Waals surface area contributed by atoms with E-state index in [4.69, 9.17) is 21.1 Å². The summed E-state index contributed by atoms with van der Waals surface area (Å²) in [6.07, 6.45) is 9.79. The number of nitrogens with one attached hydrogen (secondary N) is 2. The quantitative estimate of drug-likeness (QED) is 0.151. The Morgan fingerprint density at radius 3 is 2.47 bits per heavy atom. The standard InChI is InChI=1S/C34H41ClN8O4/c1-21(2)43-28(13-15-36-43)32(44)39-31(30(23-9-10-23)24-11-12-24)33(45)38-25-18-37-42(19-25)27(26-17-29(35)40-41-34(26)46-3)14-16-47-20-22-7-5-4-6-8-22/h4-8,13,15,17-19,21,23-24,27,30-31H,9-12,14,16,20H2,1-3H3,(H,38,45)(H,39,44)/t27?,31-/m0/s1. The first-order valence-corrected chi connectivity index (χ1v) is 16.6. The van der Waals surface area contributed by atoms with Gasteiger partial charge in [-0.05, 0) is 81.4 Å². The number of carbonyl (C=O) groups excluding carboxylic acids is 2. The zero-order valence-electron chi connectivity index (χ0n) is 26.9. The van der Waals surface area contributed by atoms with Gasteiger partial charge in [-0.2, -0.15) is 10.2 Å². The molecule has 0 saturated heterocycles. The lowest BCUT2D eigenvalue weighted by atomic mass is 9.88. The number of halogens is 1. The van der Waals surface area contributed by atoms with Crippen LogP contribution in [-0.4, -0.2) is 61.3 Å². The van der Waals surface area contributed by atoms with Gasteiger partial charge in [0.1, 0.15) is 11.7 Å². The fourth-order valence-electron chi connectivity index (χ4n) is 6.30. The molecule has 0 radical (unpaired) electrons. The van der Waals surface area contributed by atoms with E-state index in [9.17, 15) is 9.59 Å². The number of hydrogen-bond acceptors (Lipinski definition) is 8. The number of anilines is 1. The lowest BCUT2D eigenvalue weighted by Crippen LogP contribution is -2.50. The molecule has 2 aliphatic carbocycles. The van der Waals surface area contributed by atoms with Gasteiger partial charge in [-0.15, -0.1) is 10.2 Å². The van der Waals surface area contributed by atoms with Crippen LogP contribution in [0.2, 0.25) is 5.15 Å². The third kappa shape index (κ3) is 7.99. The average Bonchev–Trinajstić information content (AvgIpc) is 3.99. The molecule has 2 aliphatic rings. The van der Waals surface area contributed by atoms with Crippen molar-refractivity contribution >= 4 is 29.1 Å². The van der Waals surface area contributed by atoms with Crippen molar-refractivity contribution in [3.8, 4) is 5.88 Å². The molecule has 3 aromatic heterocycles. The molecule has 47 heavy (non-hydrogen) atoms. The Morgan fingerprint density at radius 2 is 1.79 bits per heavy atom. The highest BCUT2D eigenvalue weighted by atomic mass is 35.5. The van der Waals surface area contributed by atoms with Gasteiger partial charge in [-0.25, -0.2) is 0 Å². The Kier molecular flexibility index (Phi) is 10.2. The molecule has 0 aliphatic heterocycles. The number of rotatable bonds is 16. The largest absolute Gasteiger partial charge is 0.480 e. The van der Waals surface area contributed by atoms with Crippen LogP contribution in [0.4, 0.5) is 5.69 Å². The zero-order chi connectivity index (χ0) is 32.9. The van der Waals surface area contributed by atoms with Crippen molar-refractivity contribution in [2.45, 2.75) is 70.7 Å². The number of benzene rings is 1. The Labute approximate surface area is 279 Å². The second kappa shape index (κ2) is 14.6. The van der Waals surface area contributed by atoms with Gasteiger partial charge in [-0.1, -0.05) is 41.9 Å². The molecule has 12 nitrogen and oxygen atoms in total. The predicted octanol–water partition coefficient (Wildman–Crippen LogP) is 5.48. The molecule has 13 heteroatoms. The Bertz CT molecular complexity index is 1660. The fraction of sp³-hybridized carbons (Fsp3) is 0.471. The van der Waals surface area contributed by atoms with E-state index in [1.54, 1.807) is 40.1 Å².